The van der Waals surface area contributed by atoms with Crippen LogP contribution in [0, 0.1) is 6.92 Å². The first kappa shape index (κ1) is 15.2. The maximum atomic E-state index is 12.1. The zero-order valence-corrected chi connectivity index (χ0v) is 13.2. The summed E-state index contributed by atoms with van der Waals surface area (Å²) in [6, 6.07) is 1.36. The standard InChI is InChI=1S/C11H13ClN4O2S2/c1-7-16-8(6-19-7)4-15-20(17,18)9-3-10(12)11(13-2)14-5-9/h3,5-6,15H,4H2,1-2H3,(H,13,14). The summed E-state index contributed by atoms with van der Waals surface area (Å²) in [6.07, 6.45) is 1.26. The summed E-state index contributed by atoms with van der Waals surface area (Å²) in [5, 5.41) is 5.72. The van der Waals surface area contributed by atoms with Gasteiger partial charge in [0, 0.05) is 18.6 Å². The van der Waals surface area contributed by atoms with Crippen LogP contribution in [0.3, 0.4) is 0 Å². The van der Waals surface area contributed by atoms with Gasteiger partial charge in [0.05, 0.1) is 22.3 Å². The first-order chi connectivity index (χ1) is 9.42. The third kappa shape index (κ3) is 3.45. The molecule has 0 aliphatic carbocycles. The molecule has 0 aliphatic heterocycles. The number of halogens is 1. The van der Waals surface area contributed by atoms with E-state index in [0.717, 1.165) is 5.01 Å². The minimum atomic E-state index is -3.66. The van der Waals surface area contributed by atoms with Crippen LogP contribution in [-0.4, -0.2) is 25.4 Å². The first-order valence-electron chi connectivity index (χ1n) is 5.66. The normalized spacial score (nSPS) is 11.6. The molecule has 0 aromatic carbocycles. The van der Waals surface area contributed by atoms with Crippen molar-refractivity contribution in [2.75, 3.05) is 12.4 Å². The van der Waals surface area contributed by atoms with Crippen LogP contribution in [0.1, 0.15) is 10.7 Å². The van der Waals surface area contributed by atoms with Gasteiger partial charge < -0.3 is 5.32 Å². The predicted molar refractivity (Wildman–Crippen MR) is 79.7 cm³/mol. The average Bonchev–Trinajstić information content (AvgIpc) is 2.82. The van der Waals surface area contributed by atoms with Crippen LogP contribution < -0.4 is 10.0 Å². The van der Waals surface area contributed by atoms with Gasteiger partial charge in [-0.25, -0.2) is 23.1 Å². The van der Waals surface area contributed by atoms with Crippen molar-refractivity contribution in [3.05, 3.63) is 33.4 Å². The summed E-state index contributed by atoms with van der Waals surface area (Å²) in [5.74, 6) is 0.431. The summed E-state index contributed by atoms with van der Waals surface area (Å²) in [7, 11) is -2.00. The Kier molecular flexibility index (Phi) is 4.59. The molecule has 0 saturated heterocycles. The Hall–Kier alpha value is -1.22. The fourth-order valence-electron chi connectivity index (χ4n) is 1.49. The van der Waals surface area contributed by atoms with Crippen LogP contribution in [0.15, 0.2) is 22.5 Å². The molecular weight excluding hydrogens is 320 g/mol. The monoisotopic (exact) mass is 332 g/mol. The number of pyridine rings is 1. The summed E-state index contributed by atoms with van der Waals surface area (Å²) in [6.45, 7) is 2.00. The second kappa shape index (κ2) is 6.04. The topological polar surface area (TPSA) is 84.0 Å². The molecule has 0 saturated carbocycles. The summed E-state index contributed by atoms with van der Waals surface area (Å²) >= 11 is 7.40. The number of nitrogens with zero attached hydrogens (tertiary/aromatic N) is 2. The molecule has 0 atom stereocenters. The molecule has 9 heteroatoms. The average molecular weight is 333 g/mol. The largest absolute Gasteiger partial charge is 0.372 e. The van der Waals surface area contributed by atoms with E-state index in [-0.39, 0.29) is 16.5 Å². The van der Waals surface area contributed by atoms with Gasteiger partial charge in [-0.2, -0.15) is 0 Å². The number of anilines is 1. The van der Waals surface area contributed by atoms with Gasteiger partial charge in [0.1, 0.15) is 10.7 Å². The molecule has 0 amide bonds. The molecule has 2 rings (SSSR count). The number of hydrogen-bond acceptors (Lipinski definition) is 6. The van der Waals surface area contributed by atoms with Crippen LogP contribution in [0.4, 0.5) is 5.82 Å². The van der Waals surface area contributed by atoms with Gasteiger partial charge in [0.2, 0.25) is 10.0 Å². The molecule has 2 aromatic heterocycles. The van der Waals surface area contributed by atoms with Crippen molar-refractivity contribution < 1.29 is 8.42 Å². The van der Waals surface area contributed by atoms with E-state index in [0.29, 0.717) is 11.5 Å². The molecule has 0 radical (unpaired) electrons. The Balaban J connectivity index is 2.15. The van der Waals surface area contributed by atoms with Gasteiger partial charge >= 0.3 is 0 Å². The highest BCUT2D eigenvalue weighted by Gasteiger charge is 2.16. The van der Waals surface area contributed by atoms with Crippen LogP contribution in [0.5, 0.6) is 0 Å². The van der Waals surface area contributed by atoms with E-state index >= 15 is 0 Å². The maximum absolute atomic E-state index is 12.1. The number of hydrogen-bond donors (Lipinski definition) is 2. The molecule has 2 aromatic rings. The van der Waals surface area contributed by atoms with Gasteiger partial charge in [-0.3, -0.25) is 0 Å². The second-order valence-corrected chi connectivity index (χ2v) is 7.17. The molecule has 2 N–H and O–H groups in total. The van der Waals surface area contributed by atoms with Crippen LogP contribution in [0.2, 0.25) is 5.02 Å². The highest BCUT2D eigenvalue weighted by molar-refractivity contribution is 7.89. The molecule has 0 fully saturated rings. The summed E-state index contributed by atoms with van der Waals surface area (Å²) < 4.78 is 26.7. The Morgan fingerprint density at radius 3 is 2.75 bits per heavy atom. The van der Waals surface area contributed by atoms with E-state index < -0.39 is 10.0 Å². The zero-order valence-electron chi connectivity index (χ0n) is 10.8. The third-order valence-corrected chi connectivity index (χ3v) is 4.95. The minimum absolute atomic E-state index is 0.0217. The quantitative estimate of drug-likeness (QED) is 0.875. The maximum Gasteiger partial charge on any atom is 0.242 e. The van der Waals surface area contributed by atoms with Crippen LogP contribution in [-0.2, 0) is 16.6 Å². The number of aryl methyl sites for hydroxylation is 1. The lowest BCUT2D eigenvalue weighted by atomic mass is 10.4. The van der Waals surface area contributed by atoms with Gasteiger partial charge in [-0.15, -0.1) is 11.3 Å². The molecule has 0 bridgehead atoms. The molecule has 0 spiro atoms. The minimum Gasteiger partial charge on any atom is -0.372 e. The molecule has 0 unspecified atom stereocenters. The molecule has 20 heavy (non-hydrogen) atoms. The molecular formula is C11H13ClN4O2S2. The molecule has 6 nitrogen and oxygen atoms in total. The highest BCUT2D eigenvalue weighted by Crippen LogP contribution is 2.22. The lowest BCUT2D eigenvalue weighted by molar-refractivity contribution is 0.580. The molecule has 2 heterocycles. The molecule has 0 aliphatic rings. The van der Waals surface area contributed by atoms with Gasteiger partial charge in [0.15, 0.2) is 0 Å². The van der Waals surface area contributed by atoms with E-state index in [9.17, 15) is 8.42 Å². The fourth-order valence-corrected chi connectivity index (χ4v) is 3.40. The second-order valence-electron chi connectivity index (χ2n) is 3.93. The highest BCUT2D eigenvalue weighted by atomic mass is 35.5. The Morgan fingerprint density at radius 1 is 1.45 bits per heavy atom. The number of nitrogens with one attached hydrogen (secondary N) is 2. The van der Waals surface area contributed by atoms with E-state index in [1.54, 1.807) is 7.05 Å². The van der Waals surface area contributed by atoms with Crippen molar-refractivity contribution in [3.8, 4) is 0 Å². The molecule has 108 valence electrons. The smallest absolute Gasteiger partial charge is 0.242 e. The lowest BCUT2D eigenvalue weighted by Gasteiger charge is -2.07. The number of rotatable bonds is 5. The summed E-state index contributed by atoms with van der Waals surface area (Å²) in [4.78, 5) is 8.16. The number of sulfonamides is 1. The van der Waals surface area contributed by atoms with Gasteiger partial charge in [-0.1, -0.05) is 11.6 Å². The summed E-state index contributed by atoms with van der Waals surface area (Å²) in [5.41, 5.74) is 0.682. The van der Waals surface area contributed by atoms with E-state index in [2.05, 4.69) is 20.0 Å². The third-order valence-electron chi connectivity index (χ3n) is 2.47. The fraction of sp³-hybridized carbons (Fsp3) is 0.273. The van der Waals surface area contributed by atoms with Crippen molar-refractivity contribution in [3.63, 3.8) is 0 Å². The first-order valence-corrected chi connectivity index (χ1v) is 8.40. The van der Waals surface area contributed by atoms with Crippen molar-refractivity contribution >= 4 is 38.8 Å². The Labute approximate surface area is 126 Å². The van der Waals surface area contributed by atoms with Gasteiger partial charge in [0.25, 0.3) is 0 Å². The van der Waals surface area contributed by atoms with E-state index in [4.69, 9.17) is 11.6 Å². The Morgan fingerprint density at radius 2 is 2.20 bits per heavy atom. The van der Waals surface area contributed by atoms with Crippen molar-refractivity contribution in [1.82, 2.24) is 14.7 Å². The van der Waals surface area contributed by atoms with E-state index in [1.807, 2.05) is 12.3 Å². The number of thiazole rings is 1. The van der Waals surface area contributed by atoms with Crippen molar-refractivity contribution in [1.29, 1.82) is 0 Å². The van der Waals surface area contributed by atoms with Crippen molar-refractivity contribution in [2.24, 2.45) is 0 Å². The van der Waals surface area contributed by atoms with Crippen molar-refractivity contribution in [2.45, 2.75) is 18.4 Å². The van der Waals surface area contributed by atoms with Crippen LogP contribution >= 0.6 is 22.9 Å². The van der Waals surface area contributed by atoms with E-state index in [1.165, 1.54) is 23.6 Å². The Bertz CT molecular complexity index is 715. The predicted octanol–water partition coefficient (Wildman–Crippen LogP) is 2.02. The SMILES string of the molecule is CNc1ncc(S(=O)(=O)NCc2csc(C)n2)cc1Cl. The number of aromatic nitrogens is 2. The lowest BCUT2D eigenvalue weighted by Crippen LogP contribution is -2.23. The zero-order chi connectivity index (χ0) is 14.8. The van der Waals surface area contributed by atoms with Crippen LogP contribution in [0.25, 0.3) is 0 Å². The van der Waals surface area contributed by atoms with Gasteiger partial charge in [-0.05, 0) is 13.0 Å².